The summed E-state index contributed by atoms with van der Waals surface area (Å²) in [6.07, 6.45) is 2.46. The third kappa shape index (κ3) is 4.83. The molecular formula is C19H29ClN4O2. The number of hydrogen-bond acceptors (Lipinski definition) is 4. The van der Waals surface area contributed by atoms with Gasteiger partial charge in [-0.05, 0) is 24.5 Å². The van der Waals surface area contributed by atoms with E-state index in [1.807, 2.05) is 38.1 Å². The van der Waals surface area contributed by atoms with E-state index in [-0.39, 0.29) is 30.1 Å². The minimum absolute atomic E-state index is 0. The van der Waals surface area contributed by atoms with Gasteiger partial charge in [-0.3, -0.25) is 14.6 Å². The quantitative estimate of drug-likeness (QED) is 0.795. The van der Waals surface area contributed by atoms with Crippen LogP contribution in [-0.4, -0.2) is 36.7 Å². The molecule has 1 aromatic rings. The summed E-state index contributed by atoms with van der Waals surface area (Å²) in [6, 6.07) is 6.07. The standard InChI is InChI=1S/C19H28N4O2.ClH/c1-5-6-9-13(20)18(24)22-17-16(12(2)3)21-14-10-7-8-11-15(14)23(4)19(17)25;/h7-8,10-13,17H,5-6,9,20H2,1-4H3,(H,22,24);1H/t13-,17?;/m0./s1. The van der Waals surface area contributed by atoms with E-state index in [1.54, 1.807) is 11.9 Å². The molecule has 2 atom stereocenters. The molecule has 0 spiro atoms. The van der Waals surface area contributed by atoms with Gasteiger partial charge in [0.05, 0.1) is 23.1 Å². The molecule has 6 nitrogen and oxygen atoms in total. The molecule has 0 aliphatic carbocycles. The molecule has 0 radical (unpaired) electrons. The number of nitrogens with zero attached hydrogens (tertiary/aromatic N) is 2. The predicted molar refractivity (Wildman–Crippen MR) is 108 cm³/mol. The Hall–Kier alpha value is -1.92. The van der Waals surface area contributed by atoms with E-state index in [0.717, 1.165) is 24.2 Å². The van der Waals surface area contributed by atoms with Crippen molar-refractivity contribution in [3.63, 3.8) is 0 Å². The molecule has 1 aliphatic heterocycles. The van der Waals surface area contributed by atoms with Crippen LogP contribution >= 0.6 is 12.4 Å². The van der Waals surface area contributed by atoms with Gasteiger partial charge in [-0.2, -0.15) is 0 Å². The molecule has 26 heavy (non-hydrogen) atoms. The third-order valence-corrected chi connectivity index (χ3v) is 4.45. The molecule has 1 aromatic carbocycles. The Kier molecular flexibility index (Phi) is 8.24. The summed E-state index contributed by atoms with van der Waals surface area (Å²) in [7, 11) is 1.70. The SMILES string of the molecule is CCCC[C@H](N)C(=O)NC1C(=O)N(C)c2ccccc2N=C1C(C)C.Cl. The van der Waals surface area contributed by atoms with E-state index in [1.165, 1.54) is 0 Å². The number of fused-ring (bicyclic) bond motifs is 1. The summed E-state index contributed by atoms with van der Waals surface area (Å²) >= 11 is 0. The zero-order chi connectivity index (χ0) is 18.6. The molecule has 1 heterocycles. The van der Waals surface area contributed by atoms with Gasteiger partial charge < -0.3 is 16.0 Å². The maximum Gasteiger partial charge on any atom is 0.255 e. The molecule has 1 unspecified atom stereocenters. The van der Waals surface area contributed by atoms with Gasteiger partial charge in [0.1, 0.15) is 6.04 Å². The molecule has 0 saturated heterocycles. The second-order valence-electron chi connectivity index (χ2n) is 6.77. The van der Waals surface area contributed by atoms with E-state index in [9.17, 15) is 9.59 Å². The van der Waals surface area contributed by atoms with Crippen molar-refractivity contribution < 1.29 is 9.59 Å². The van der Waals surface area contributed by atoms with Gasteiger partial charge in [0.2, 0.25) is 5.91 Å². The number of benzene rings is 1. The molecule has 1 aliphatic rings. The topological polar surface area (TPSA) is 87.8 Å². The van der Waals surface area contributed by atoms with Crippen LogP contribution in [0.1, 0.15) is 40.0 Å². The number of para-hydroxylation sites is 2. The minimum Gasteiger partial charge on any atom is -0.338 e. The van der Waals surface area contributed by atoms with Crippen molar-refractivity contribution in [3.8, 4) is 0 Å². The summed E-state index contributed by atoms with van der Waals surface area (Å²) in [4.78, 5) is 31.7. The summed E-state index contributed by atoms with van der Waals surface area (Å²) in [6.45, 7) is 5.99. The predicted octanol–water partition coefficient (Wildman–Crippen LogP) is 2.82. The molecule has 0 bridgehead atoms. The number of halogens is 1. The van der Waals surface area contributed by atoms with Gasteiger partial charge in [-0.15, -0.1) is 12.4 Å². The fourth-order valence-corrected chi connectivity index (χ4v) is 2.89. The number of amides is 2. The zero-order valence-electron chi connectivity index (χ0n) is 15.9. The third-order valence-electron chi connectivity index (χ3n) is 4.45. The van der Waals surface area contributed by atoms with Crippen molar-refractivity contribution in [2.24, 2.45) is 16.6 Å². The molecule has 0 aromatic heterocycles. The zero-order valence-corrected chi connectivity index (χ0v) is 16.7. The molecule has 0 saturated carbocycles. The number of rotatable bonds is 6. The van der Waals surface area contributed by atoms with E-state index in [2.05, 4.69) is 12.2 Å². The first-order chi connectivity index (χ1) is 11.9. The Labute approximate surface area is 161 Å². The van der Waals surface area contributed by atoms with Crippen molar-refractivity contribution in [1.29, 1.82) is 0 Å². The molecule has 0 fully saturated rings. The second-order valence-corrected chi connectivity index (χ2v) is 6.77. The van der Waals surface area contributed by atoms with Crippen LogP contribution < -0.4 is 16.0 Å². The Morgan fingerprint density at radius 3 is 2.62 bits per heavy atom. The van der Waals surface area contributed by atoms with Crippen LogP contribution in [0.2, 0.25) is 0 Å². The molecule has 7 heteroatoms. The summed E-state index contributed by atoms with van der Waals surface area (Å²) < 4.78 is 0. The van der Waals surface area contributed by atoms with Gasteiger partial charge in [0.15, 0.2) is 0 Å². The lowest BCUT2D eigenvalue weighted by atomic mass is 9.98. The highest BCUT2D eigenvalue weighted by Gasteiger charge is 2.35. The van der Waals surface area contributed by atoms with Crippen molar-refractivity contribution in [2.75, 3.05) is 11.9 Å². The normalized spacial score (nSPS) is 17.8. The van der Waals surface area contributed by atoms with E-state index >= 15 is 0 Å². The number of unbranched alkanes of at least 4 members (excludes halogenated alkanes) is 1. The lowest BCUT2D eigenvalue weighted by Gasteiger charge is -2.25. The smallest absolute Gasteiger partial charge is 0.255 e. The summed E-state index contributed by atoms with van der Waals surface area (Å²) in [5, 5.41) is 2.83. The number of carbonyl (C=O) groups excluding carboxylic acids is 2. The van der Waals surface area contributed by atoms with Gasteiger partial charge in [0, 0.05) is 7.05 Å². The number of likely N-dealkylation sites (N-methyl/N-ethyl adjacent to an activating group) is 1. The second kappa shape index (κ2) is 9.69. The number of aliphatic imine (C=N–C) groups is 1. The number of anilines is 1. The average molecular weight is 381 g/mol. The van der Waals surface area contributed by atoms with E-state index in [0.29, 0.717) is 12.1 Å². The monoisotopic (exact) mass is 380 g/mol. The van der Waals surface area contributed by atoms with Crippen molar-refractivity contribution in [2.45, 2.75) is 52.1 Å². The molecule has 2 rings (SSSR count). The lowest BCUT2D eigenvalue weighted by Crippen LogP contribution is -2.55. The maximum absolute atomic E-state index is 13.0. The first-order valence-electron chi connectivity index (χ1n) is 8.87. The Balaban J connectivity index is 0.00000338. The summed E-state index contributed by atoms with van der Waals surface area (Å²) in [5.41, 5.74) is 8.08. The van der Waals surface area contributed by atoms with Crippen LogP contribution in [0.25, 0.3) is 0 Å². The van der Waals surface area contributed by atoms with Gasteiger partial charge in [-0.1, -0.05) is 45.7 Å². The van der Waals surface area contributed by atoms with E-state index < -0.39 is 12.1 Å². The number of carbonyl (C=O) groups is 2. The highest BCUT2D eigenvalue weighted by molar-refractivity contribution is 6.19. The number of nitrogens with one attached hydrogen (secondary N) is 1. The van der Waals surface area contributed by atoms with Gasteiger partial charge in [-0.25, -0.2) is 0 Å². The van der Waals surface area contributed by atoms with Crippen molar-refractivity contribution in [3.05, 3.63) is 24.3 Å². The molecule has 3 N–H and O–H groups in total. The van der Waals surface area contributed by atoms with Crippen molar-refractivity contribution >= 4 is 41.3 Å². The van der Waals surface area contributed by atoms with Crippen LogP contribution in [-0.2, 0) is 9.59 Å². The lowest BCUT2D eigenvalue weighted by molar-refractivity contribution is -0.127. The Morgan fingerprint density at radius 2 is 2.00 bits per heavy atom. The maximum atomic E-state index is 13.0. The Bertz CT molecular complexity index is 675. The fraction of sp³-hybridized carbons (Fsp3) is 0.526. The van der Waals surface area contributed by atoms with Crippen molar-refractivity contribution in [1.82, 2.24) is 5.32 Å². The Morgan fingerprint density at radius 1 is 1.35 bits per heavy atom. The van der Waals surface area contributed by atoms with Crippen LogP contribution in [0.3, 0.4) is 0 Å². The summed E-state index contributed by atoms with van der Waals surface area (Å²) in [5.74, 6) is -0.492. The van der Waals surface area contributed by atoms with Crippen LogP contribution in [0.15, 0.2) is 29.3 Å². The number of nitrogens with two attached hydrogens (primary N) is 1. The first kappa shape index (κ1) is 22.1. The van der Waals surface area contributed by atoms with Gasteiger partial charge >= 0.3 is 0 Å². The van der Waals surface area contributed by atoms with Crippen LogP contribution in [0, 0.1) is 5.92 Å². The highest BCUT2D eigenvalue weighted by Crippen LogP contribution is 2.32. The molecule has 2 amide bonds. The van der Waals surface area contributed by atoms with Gasteiger partial charge in [0.25, 0.3) is 5.91 Å². The average Bonchev–Trinajstić information content (AvgIpc) is 2.70. The largest absolute Gasteiger partial charge is 0.338 e. The number of hydrogen-bond donors (Lipinski definition) is 2. The minimum atomic E-state index is -0.794. The fourth-order valence-electron chi connectivity index (χ4n) is 2.89. The first-order valence-corrected chi connectivity index (χ1v) is 8.87. The highest BCUT2D eigenvalue weighted by atomic mass is 35.5. The van der Waals surface area contributed by atoms with Crippen LogP contribution in [0.4, 0.5) is 11.4 Å². The van der Waals surface area contributed by atoms with Crippen LogP contribution in [0.5, 0.6) is 0 Å². The molecular weight excluding hydrogens is 352 g/mol. The molecule has 144 valence electrons. The van der Waals surface area contributed by atoms with E-state index in [4.69, 9.17) is 10.7 Å².